The van der Waals surface area contributed by atoms with Gasteiger partial charge in [-0.15, -0.1) is 23.1 Å². The molecule has 0 aliphatic carbocycles. The fraction of sp³-hybridized carbons (Fsp3) is 0.250. The van der Waals surface area contributed by atoms with Crippen molar-refractivity contribution in [2.75, 3.05) is 11.6 Å². The van der Waals surface area contributed by atoms with E-state index < -0.39 is 0 Å². The number of aromatic nitrogens is 1. The van der Waals surface area contributed by atoms with Gasteiger partial charge < -0.3 is 5.32 Å². The maximum atomic E-state index is 4.35. The van der Waals surface area contributed by atoms with Crippen molar-refractivity contribution in [3.8, 4) is 0 Å². The van der Waals surface area contributed by atoms with E-state index in [-0.39, 0.29) is 0 Å². The predicted molar refractivity (Wildman–Crippen MR) is 72.4 cm³/mol. The number of nitrogens with one attached hydrogen (secondary N) is 1. The summed E-state index contributed by atoms with van der Waals surface area (Å²) in [5, 5.41) is 5.45. The van der Waals surface area contributed by atoms with Crippen molar-refractivity contribution in [2.45, 2.75) is 18.4 Å². The first-order chi connectivity index (χ1) is 7.79. The summed E-state index contributed by atoms with van der Waals surface area (Å²) >= 11 is 3.49. The topological polar surface area (TPSA) is 24.9 Å². The second kappa shape index (κ2) is 5.37. The number of hydrogen-bond acceptors (Lipinski definition) is 4. The first-order valence-electron chi connectivity index (χ1n) is 5.06. The van der Waals surface area contributed by atoms with Gasteiger partial charge in [0.2, 0.25) is 0 Å². The number of hydrogen-bond donors (Lipinski definition) is 1. The van der Waals surface area contributed by atoms with Crippen LogP contribution in [0.1, 0.15) is 10.4 Å². The molecule has 2 rings (SSSR count). The molecule has 4 heteroatoms. The summed E-state index contributed by atoms with van der Waals surface area (Å²) in [4.78, 5) is 6.91. The summed E-state index contributed by atoms with van der Waals surface area (Å²) in [6.45, 7) is 2.99. The van der Waals surface area contributed by atoms with Crippen LogP contribution >= 0.6 is 23.1 Å². The standard InChI is InChI=1S/C12H14N2S2/c1-9-5-6-16-11(9)8-14-12-4-3-10(15-2)7-13-12/h3-7H,8H2,1-2H3,(H,13,14). The molecule has 0 aliphatic rings. The van der Waals surface area contributed by atoms with Gasteiger partial charge in [0, 0.05) is 16.0 Å². The van der Waals surface area contributed by atoms with Gasteiger partial charge in [0.15, 0.2) is 0 Å². The van der Waals surface area contributed by atoms with Gasteiger partial charge in [-0.25, -0.2) is 4.98 Å². The van der Waals surface area contributed by atoms with Gasteiger partial charge >= 0.3 is 0 Å². The van der Waals surface area contributed by atoms with E-state index >= 15 is 0 Å². The number of rotatable bonds is 4. The van der Waals surface area contributed by atoms with E-state index in [1.54, 1.807) is 23.1 Å². The Bertz CT molecular complexity index is 448. The Hall–Kier alpha value is -1.00. The Balaban J connectivity index is 1.97. The fourth-order valence-electron chi connectivity index (χ4n) is 1.36. The molecule has 2 aromatic rings. The first-order valence-corrected chi connectivity index (χ1v) is 7.17. The number of thiophene rings is 1. The lowest BCUT2D eigenvalue weighted by molar-refractivity contribution is 1.11. The third-order valence-electron chi connectivity index (χ3n) is 2.37. The van der Waals surface area contributed by atoms with E-state index in [0.717, 1.165) is 12.4 Å². The van der Waals surface area contributed by atoms with Gasteiger partial charge in [0.25, 0.3) is 0 Å². The van der Waals surface area contributed by atoms with Crippen LogP contribution in [0.15, 0.2) is 34.7 Å². The van der Waals surface area contributed by atoms with Crippen LogP contribution in [0.3, 0.4) is 0 Å². The fourth-order valence-corrected chi connectivity index (χ4v) is 2.57. The summed E-state index contributed by atoms with van der Waals surface area (Å²) in [5.74, 6) is 0.936. The summed E-state index contributed by atoms with van der Waals surface area (Å²) < 4.78 is 0. The van der Waals surface area contributed by atoms with E-state index in [1.165, 1.54) is 15.3 Å². The molecule has 2 heterocycles. The molecule has 0 spiro atoms. The predicted octanol–water partition coefficient (Wildman–Crippen LogP) is 3.79. The zero-order valence-electron chi connectivity index (χ0n) is 9.36. The van der Waals surface area contributed by atoms with Crippen LogP contribution in [0.5, 0.6) is 0 Å². The molecular formula is C12H14N2S2. The zero-order chi connectivity index (χ0) is 11.4. The van der Waals surface area contributed by atoms with E-state index in [4.69, 9.17) is 0 Å². The van der Waals surface area contributed by atoms with E-state index in [9.17, 15) is 0 Å². The molecule has 0 aromatic carbocycles. The summed E-state index contributed by atoms with van der Waals surface area (Å²) in [7, 11) is 0. The lowest BCUT2D eigenvalue weighted by Crippen LogP contribution is -2.00. The second-order valence-electron chi connectivity index (χ2n) is 3.46. The molecule has 84 valence electrons. The molecule has 2 nitrogen and oxygen atoms in total. The highest BCUT2D eigenvalue weighted by molar-refractivity contribution is 7.98. The van der Waals surface area contributed by atoms with Crippen molar-refractivity contribution in [1.29, 1.82) is 0 Å². The third-order valence-corrected chi connectivity index (χ3v) is 4.11. The van der Waals surface area contributed by atoms with E-state index in [2.05, 4.69) is 41.0 Å². The molecule has 0 aliphatic heterocycles. The minimum absolute atomic E-state index is 0.856. The number of pyridine rings is 1. The highest BCUT2D eigenvalue weighted by Crippen LogP contribution is 2.18. The number of anilines is 1. The Labute approximate surface area is 104 Å². The van der Waals surface area contributed by atoms with Gasteiger partial charge in [-0.1, -0.05) is 0 Å². The average Bonchev–Trinajstić information content (AvgIpc) is 2.73. The van der Waals surface area contributed by atoms with Crippen molar-refractivity contribution < 1.29 is 0 Å². The molecule has 0 unspecified atom stereocenters. The van der Waals surface area contributed by atoms with Crippen LogP contribution in [0.2, 0.25) is 0 Å². The van der Waals surface area contributed by atoms with Gasteiger partial charge in [0.05, 0.1) is 6.54 Å². The van der Waals surface area contributed by atoms with Crippen LogP contribution in [0.4, 0.5) is 5.82 Å². The van der Waals surface area contributed by atoms with Crippen LogP contribution in [-0.2, 0) is 6.54 Å². The van der Waals surface area contributed by atoms with Crippen molar-refractivity contribution in [2.24, 2.45) is 0 Å². The summed E-state index contributed by atoms with van der Waals surface area (Å²) in [6, 6.07) is 6.25. The molecule has 16 heavy (non-hydrogen) atoms. The second-order valence-corrected chi connectivity index (χ2v) is 5.34. The summed E-state index contributed by atoms with van der Waals surface area (Å²) in [6.07, 6.45) is 3.95. The maximum Gasteiger partial charge on any atom is 0.126 e. The largest absolute Gasteiger partial charge is 0.365 e. The van der Waals surface area contributed by atoms with E-state index in [1.807, 2.05) is 12.3 Å². The smallest absolute Gasteiger partial charge is 0.126 e. The zero-order valence-corrected chi connectivity index (χ0v) is 11.0. The van der Waals surface area contributed by atoms with Gasteiger partial charge in [-0.3, -0.25) is 0 Å². The Morgan fingerprint density at radius 2 is 2.25 bits per heavy atom. The summed E-state index contributed by atoms with van der Waals surface area (Å²) in [5.41, 5.74) is 1.35. The molecule has 0 radical (unpaired) electrons. The van der Waals surface area contributed by atoms with Crippen LogP contribution in [0, 0.1) is 6.92 Å². The minimum atomic E-state index is 0.856. The molecule has 0 saturated heterocycles. The first kappa shape index (κ1) is 11.5. The lowest BCUT2D eigenvalue weighted by Gasteiger charge is -2.05. The Kier molecular flexibility index (Phi) is 3.85. The third kappa shape index (κ3) is 2.77. The highest BCUT2D eigenvalue weighted by Gasteiger charge is 2.00. The van der Waals surface area contributed by atoms with Crippen LogP contribution in [-0.4, -0.2) is 11.2 Å². The Morgan fingerprint density at radius 1 is 1.38 bits per heavy atom. The van der Waals surface area contributed by atoms with E-state index in [0.29, 0.717) is 0 Å². The SMILES string of the molecule is CSc1ccc(NCc2sccc2C)nc1. The average molecular weight is 250 g/mol. The van der Waals surface area contributed by atoms with Crippen molar-refractivity contribution in [1.82, 2.24) is 4.98 Å². The lowest BCUT2D eigenvalue weighted by atomic mass is 10.3. The van der Waals surface area contributed by atoms with Crippen molar-refractivity contribution >= 4 is 28.9 Å². The number of nitrogens with zero attached hydrogens (tertiary/aromatic N) is 1. The molecule has 0 fully saturated rings. The molecule has 1 N–H and O–H groups in total. The van der Waals surface area contributed by atoms with Gasteiger partial charge in [-0.05, 0) is 42.3 Å². The molecule has 2 aromatic heterocycles. The molecule has 0 amide bonds. The van der Waals surface area contributed by atoms with Crippen LogP contribution < -0.4 is 5.32 Å². The van der Waals surface area contributed by atoms with Gasteiger partial charge in [-0.2, -0.15) is 0 Å². The molecule has 0 saturated carbocycles. The van der Waals surface area contributed by atoms with Crippen LogP contribution in [0.25, 0.3) is 0 Å². The maximum absolute atomic E-state index is 4.35. The number of aryl methyl sites for hydroxylation is 1. The van der Waals surface area contributed by atoms with Crippen molar-refractivity contribution in [3.05, 3.63) is 40.2 Å². The minimum Gasteiger partial charge on any atom is -0.365 e. The molecule has 0 atom stereocenters. The molecule has 0 bridgehead atoms. The quantitative estimate of drug-likeness (QED) is 0.836. The number of thioether (sulfide) groups is 1. The van der Waals surface area contributed by atoms with Crippen molar-refractivity contribution in [3.63, 3.8) is 0 Å². The normalized spacial score (nSPS) is 10.4. The molecular weight excluding hydrogens is 236 g/mol. The van der Waals surface area contributed by atoms with Gasteiger partial charge in [0.1, 0.15) is 5.82 Å². The Morgan fingerprint density at radius 3 is 2.81 bits per heavy atom. The monoisotopic (exact) mass is 250 g/mol. The highest BCUT2D eigenvalue weighted by atomic mass is 32.2.